The van der Waals surface area contributed by atoms with E-state index in [0.29, 0.717) is 0 Å². The number of carbonyl (C=O) groups is 1. The van der Waals surface area contributed by atoms with Gasteiger partial charge in [0.15, 0.2) is 0 Å². The van der Waals surface area contributed by atoms with E-state index in [-0.39, 0.29) is 10.8 Å². The minimum absolute atomic E-state index is 0.140. The first-order chi connectivity index (χ1) is 9.69. The molecule has 0 aliphatic heterocycles. The van der Waals surface area contributed by atoms with Gasteiger partial charge in [-0.2, -0.15) is 4.72 Å². The van der Waals surface area contributed by atoms with Gasteiger partial charge in [0.1, 0.15) is 6.04 Å². The number of sulfonamides is 1. The minimum Gasteiger partial charge on any atom is -0.277 e. The number of hydrogen-bond acceptors (Lipinski definition) is 4. The van der Waals surface area contributed by atoms with Crippen LogP contribution in [0.1, 0.15) is 25.0 Å². The number of aryl methyl sites for hydroxylation is 2. The van der Waals surface area contributed by atoms with Crippen molar-refractivity contribution in [1.82, 2.24) is 10.2 Å². The van der Waals surface area contributed by atoms with Gasteiger partial charge in [0, 0.05) is 0 Å². The highest BCUT2D eigenvalue weighted by molar-refractivity contribution is 7.89. The molecular weight excluding hydrogens is 292 g/mol. The SMILES string of the molecule is CONC(=O)C(NS(=O)(=O)c1ccc(C)c(C)c1)C(C)C. The summed E-state index contributed by atoms with van der Waals surface area (Å²) in [4.78, 5) is 16.5. The quantitative estimate of drug-likeness (QED) is 0.775. The van der Waals surface area contributed by atoms with Crippen molar-refractivity contribution >= 4 is 15.9 Å². The second-order valence-electron chi connectivity index (χ2n) is 5.26. The fourth-order valence-electron chi connectivity index (χ4n) is 1.77. The average molecular weight is 314 g/mol. The molecule has 2 N–H and O–H groups in total. The first-order valence-electron chi connectivity index (χ1n) is 6.61. The van der Waals surface area contributed by atoms with Gasteiger partial charge in [-0.15, -0.1) is 0 Å². The highest BCUT2D eigenvalue weighted by Crippen LogP contribution is 2.16. The summed E-state index contributed by atoms with van der Waals surface area (Å²) in [5, 5.41) is 0. The number of hydroxylamine groups is 1. The zero-order chi connectivity index (χ0) is 16.2. The molecule has 1 rings (SSSR count). The number of benzene rings is 1. The highest BCUT2D eigenvalue weighted by Gasteiger charge is 2.28. The summed E-state index contributed by atoms with van der Waals surface area (Å²) < 4.78 is 27.2. The van der Waals surface area contributed by atoms with Gasteiger partial charge in [0.05, 0.1) is 12.0 Å². The molecule has 21 heavy (non-hydrogen) atoms. The van der Waals surface area contributed by atoms with Gasteiger partial charge in [-0.3, -0.25) is 9.63 Å². The molecule has 0 fully saturated rings. The molecule has 0 saturated heterocycles. The van der Waals surface area contributed by atoms with E-state index in [4.69, 9.17) is 0 Å². The largest absolute Gasteiger partial charge is 0.277 e. The molecule has 6 nitrogen and oxygen atoms in total. The van der Waals surface area contributed by atoms with Crippen LogP contribution in [0.25, 0.3) is 0 Å². The number of nitrogens with one attached hydrogen (secondary N) is 2. The topological polar surface area (TPSA) is 84.5 Å². The van der Waals surface area contributed by atoms with Crippen molar-refractivity contribution in [2.75, 3.05) is 7.11 Å². The molecule has 0 bridgehead atoms. The molecule has 0 aromatic heterocycles. The van der Waals surface area contributed by atoms with Crippen molar-refractivity contribution in [3.05, 3.63) is 29.3 Å². The standard InChI is InChI=1S/C14H22N2O4S/c1-9(2)13(14(17)15-20-5)16-21(18,19)12-7-6-10(3)11(4)8-12/h6-9,13,16H,1-5H3,(H,15,17). The van der Waals surface area contributed by atoms with Crippen LogP contribution in [0, 0.1) is 19.8 Å². The third kappa shape index (κ3) is 4.52. The molecule has 1 amide bonds. The predicted molar refractivity (Wildman–Crippen MR) is 80.0 cm³/mol. The normalized spacial score (nSPS) is 13.2. The Balaban J connectivity index is 3.06. The summed E-state index contributed by atoms with van der Waals surface area (Å²) in [6, 6.07) is 3.94. The Labute approximate surface area is 125 Å². The molecule has 0 heterocycles. The number of amides is 1. The zero-order valence-electron chi connectivity index (χ0n) is 12.9. The van der Waals surface area contributed by atoms with Gasteiger partial charge in [0.2, 0.25) is 10.0 Å². The Hall–Kier alpha value is -1.44. The van der Waals surface area contributed by atoms with Gasteiger partial charge in [-0.05, 0) is 43.0 Å². The van der Waals surface area contributed by atoms with E-state index in [1.807, 2.05) is 13.8 Å². The zero-order valence-corrected chi connectivity index (χ0v) is 13.7. The second-order valence-corrected chi connectivity index (χ2v) is 6.97. The van der Waals surface area contributed by atoms with Crippen LogP contribution in [-0.4, -0.2) is 27.5 Å². The molecule has 118 valence electrons. The lowest BCUT2D eigenvalue weighted by Gasteiger charge is -2.21. The lowest BCUT2D eigenvalue weighted by atomic mass is 10.1. The van der Waals surface area contributed by atoms with Crippen LogP contribution in [-0.2, 0) is 19.7 Å². The summed E-state index contributed by atoms with van der Waals surface area (Å²) >= 11 is 0. The van der Waals surface area contributed by atoms with Gasteiger partial charge in [-0.25, -0.2) is 13.9 Å². The summed E-state index contributed by atoms with van der Waals surface area (Å²) in [7, 11) is -2.47. The summed E-state index contributed by atoms with van der Waals surface area (Å²) in [5.74, 6) is -0.749. The minimum atomic E-state index is -3.77. The maximum absolute atomic E-state index is 12.4. The molecule has 0 spiro atoms. The Kier molecular flexibility index (Phi) is 5.88. The Morgan fingerprint density at radius 1 is 1.19 bits per heavy atom. The van der Waals surface area contributed by atoms with E-state index >= 15 is 0 Å². The smallest absolute Gasteiger partial charge is 0.261 e. The van der Waals surface area contributed by atoms with Crippen LogP contribution >= 0.6 is 0 Å². The van der Waals surface area contributed by atoms with E-state index in [1.54, 1.807) is 26.0 Å². The van der Waals surface area contributed by atoms with Gasteiger partial charge >= 0.3 is 0 Å². The van der Waals surface area contributed by atoms with E-state index < -0.39 is 22.0 Å². The number of carbonyl (C=O) groups excluding carboxylic acids is 1. The van der Waals surface area contributed by atoms with Crippen LogP contribution in [0.15, 0.2) is 23.1 Å². The Bertz CT molecular complexity index is 611. The number of rotatable bonds is 6. The molecule has 0 radical (unpaired) electrons. The van der Waals surface area contributed by atoms with Crippen LogP contribution in [0.3, 0.4) is 0 Å². The molecule has 7 heteroatoms. The summed E-state index contributed by atoms with van der Waals surface area (Å²) in [6.07, 6.45) is 0. The highest BCUT2D eigenvalue weighted by atomic mass is 32.2. The van der Waals surface area contributed by atoms with Crippen molar-refractivity contribution in [3.63, 3.8) is 0 Å². The Morgan fingerprint density at radius 3 is 2.29 bits per heavy atom. The Morgan fingerprint density at radius 2 is 1.81 bits per heavy atom. The maximum atomic E-state index is 12.4. The van der Waals surface area contributed by atoms with Crippen molar-refractivity contribution in [1.29, 1.82) is 0 Å². The van der Waals surface area contributed by atoms with E-state index in [9.17, 15) is 13.2 Å². The summed E-state index contributed by atoms with van der Waals surface area (Å²) in [5.41, 5.74) is 4.04. The van der Waals surface area contributed by atoms with Crippen molar-refractivity contribution in [2.45, 2.75) is 38.6 Å². The van der Waals surface area contributed by atoms with Crippen molar-refractivity contribution in [3.8, 4) is 0 Å². The van der Waals surface area contributed by atoms with Gasteiger partial charge in [0.25, 0.3) is 5.91 Å². The molecule has 1 unspecified atom stereocenters. The van der Waals surface area contributed by atoms with E-state index in [0.717, 1.165) is 11.1 Å². The van der Waals surface area contributed by atoms with Gasteiger partial charge in [-0.1, -0.05) is 19.9 Å². The van der Waals surface area contributed by atoms with Crippen molar-refractivity contribution < 1.29 is 18.0 Å². The lowest BCUT2D eigenvalue weighted by Crippen LogP contribution is -2.49. The van der Waals surface area contributed by atoms with Crippen LogP contribution < -0.4 is 10.2 Å². The molecule has 1 aromatic rings. The molecule has 0 aliphatic carbocycles. The molecule has 1 aromatic carbocycles. The first-order valence-corrected chi connectivity index (χ1v) is 8.09. The molecular formula is C14H22N2O4S. The van der Waals surface area contributed by atoms with E-state index in [2.05, 4.69) is 15.0 Å². The average Bonchev–Trinajstić information content (AvgIpc) is 2.39. The summed E-state index contributed by atoms with van der Waals surface area (Å²) in [6.45, 7) is 7.25. The monoisotopic (exact) mass is 314 g/mol. The van der Waals surface area contributed by atoms with Crippen LogP contribution in [0.5, 0.6) is 0 Å². The van der Waals surface area contributed by atoms with Crippen LogP contribution in [0.2, 0.25) is 0 Å². The van der Waals surface area contributed by atoms with Crippen LogP contribution in [0.4, 0.5) is 0 Å². The maximum Gasteiger partial charge on any atom is 0.261 e. The van der Waals surface area contributed by atoms with Crippen molar-refractivity contribution in [2.24, 2.45) is 5.92 Å². The molecule has 0 aliphatic rings. The fraction of sp³-hybridized carbons (Fsp3) is 0.500. The first kappa shape index (κ1) is 17.6. The third-order valence-electron chi connectivity index (χ3n) is 3.22. The molecule has 0 saturated carbocycles. The lowest BCUT2D eigenvalue weighted by molar-refractivity contribution is -0.134. The molecule has 1 atom stereocenters. The third-order valence-corrected chi connectivity index (χ3v) is 4.66. The predicted octanol–water partition coefficient (Wildman–Crippen LogP) is 1.28. The second kappa shape index (κ2) is 7.02. The van der Waals surface area contributed by atoms with Gasteiger partial charge < -0.3 is 0 Å². The fourth-order valence-corrected chi connectivity index (χ4v) is 3.20. The van der Waals surface area contributed by atoms with E-state index in [1.165, 1.54) is 13.2 Å². The number of hydrogen-bond donors (Lipinski definition) is 2.